The zero-order valence-electron chi connectivity index (χ0n) is 10.5. The molecule has 3 heteroatoms. The molecule has 2 aromatic carbocycles. The van der Waals surface area contributed by atoms with Crippen LogP contribution in [0.5, 0.6) is 5.75 Å². The zero-order chi connectivity index (χ0) is 13.5. The molecule has 0 unspecified atom stereocenters. The summed E-state index contributed by atoms with van der Waals surface area (Å²) >= 11 is 0. The third-order valence-electron chi connectivity index (χ3n) is 2.57. The van der Waals surface area contributed by atoms with E-state index >= 15 is 0 Å². The second-order valence-electron chi connectivity index (χ2n) is 3.79. The average molecular weight is 251 g/mol. The molecular weight excluding hydrogens is 238 g/mol. The van der Waals surface area contributed by atoms with E-state index < -0.39 is 0 Å². The highest BCUT2D eigenvalue weighted by Crippen LogP contribution is 2.14. The molecule has 0 atom stereocenters. The number of carbonyl (C=O) groups is 1. The van der Waals surface area contributed by atoms with Crippen LogP contribution in [0.25, 0.3) is 0 Å². The Morgan fingerprint density at radius 2 is 1.79 bits per heavy atom. The Balaban J connectivity index is 2.25. The normalized spacial score (nSPS) is 9.11. The van der Waals surface area contributed by atoms with Gasteiger partial charge in [-0.2, -0.15) is 0 Å². The maximum atomic E-state index is 10.5. The molecule has 1 N–H and O–H groups in total. The number of nitrogens with one attached hydrogen (secondary N) is 1. The van der Waals surface area contributed by atoms with E-state index in [9.17, 15) is 4.79 Å². The molecule has 0 fully saturated rings. The van der Waals surface area contributed by atoms with Gasteiger partial charge in [-0.1, -0.05) is 24.0 Å². The van der Waals surface area contributed by atoms with E-state index in [1.165, 1.54) is 0 Å². The Morgan fingerprint density at radius 3 is 2.47 bits per heavy atom. The molecule has 3 nitrogen and oxygen atoms in total. The Morgan fingerprint density at radius 1 is 1.05 bits per heavy atom. The molecule has 0 aromatic heterocycles. The minimum atomic E-state index is 0.647. The molecule has 0 aliphatic heterocycles. The lowest BCUT2D eigenvalue weighted by molar-refractivity contribution is -0.105. The number of hydrogen-bond donors (Lipinski definition) is 1. The third kappa shape index (κ3) is 3.36. The molecule has 0 radical (unpaired) electrons. The van der Waals surface area contributed by atoms with Crippen LogP contribution in [0.15, 0.2) is 48.5 Å². The number of rotatable bonds is 3. The fraction of sp³-hybridized carbons (Fsp3) is 0.0625. The number of hydrogen-bond acceptors (Lipinski definition) is 2. The standard InChI is InChI=1S/C16H13NO2/c1-19-15-10-7-13(8-11-15)6-9-14-4-2-3-5-16(14)17-12-18/h2-5,7-8,10-12H,1H3,(H,17,18). The monoisotopic (exact) mass is 251 g/mol. The maximum absolute atomic E-state index is 10.5. The van der Waals surface area contributed by atoms with Gasteiger partial charge in [-0.3, -0.25) is 4.79 Å². The molecule has 0 saturated heterocycles. The number of carbonyl (C=O) groups excluding carboxylic acids is 1. The van der Waals surface area contributed by atoms with Crippen LogP contribution in [0.3, 0.4) is 0 Å². The Kier molecular flexibility index (Phi) is 4.20. The Labute approximate surface area is 112 Å². The molecule has 0 aliphatic carbocycles. The zero-order valence-corrected chi connectivity index (χ0v) is 10.5. The SMILES string of the molecule is COc1ccc(C#Cc2ccccc2NC=O)cc1. The van der Waals surface area contributed by atoms with Crippen molar-refractivity contribution in [3.63, 3.8) is 0 Å². The molecule has 2 rings (SSSR count). The van der Waals surface area contributed by atoms with Crippen LogP contribution in [-0.2, 0) is 4.79 Å². The molecule has 94 valence electrons. The van der Waals surface area contributed by atoms with Crippen LogP contribution < -0.4 is 10.1 Å². The van der Waals surface area contributed by atoms with Gasteiger partial charge in [0, 0.05) is 11.1 Å². The summed E-state index contributed by atoms with van der Waals surface area (Å²) in [7, 11) is 1.63. The molecular formula is C16H13NO2. The van der Waals surface area contributed by atoms with Crippen molar-refractivity contribution in [2.24, 2.45) is 0 Å². The maximum Gasteiger partial charge on any atom is 0.211 e. The van der Waals surface area contributed by atoms with E-state index in [0.717, 1.165) is 16.9 Å². The van der Waals surface area contributed by atoms with Crippen molar-refractivity contribution in [3.05, 3.63) is 59.7 Å². The van der Waals surface area contributed by atoms with E-state index in [1.54, 1.807) is 7.11 Å². The largest absolute Gasteiger partial charge is 0.497 e. The van der Waals surface area contributed by atoms with Gasteiger partial charge in [0.15, 0.2) is 0 Å². The Bertz CT molecular complexity index is 621. The van der Waals surface area contributed by atoms with Crippen molar-refractivity contribution in [3.8, 4) is 17.6 Å². The van der Waals surface area contributed by atoms with Crippen LogP contribution >= 0.6 is 0 Å². The number of methoxy groups -OCH3 is 1. The number of amides is 1. The average Bonchev–Trinajstić information content (AvgIpc) is 2.47. The van der Waals surface area contributed by atoms with E-state index in [0.29, 0.717) is 12.1 Å². The molecule has 1 amide bonds. The lowest BCUT2D eigenvalue weighted by Crippen LogP contribution is -1.95. The van der Waals surface area contributed by atoms with Gasteiger partial charge in [0.05, 0.1) is 12.8 Å². The van der Waals surface area contributed by atoms with Gasteiger partial charge in [0.1, 0.15) is 5.75 Å². The highest BCUT2D eigenvalue weighted by atomic mass is 16.5. The summed E-state index contributed by atoms with van der Waals surface area (Å²) in [6, 6.07) is 14.9. The molecule has 19 heavy (non-hydrogen) atoms. The fourth-order valence-electron chi connectivity index (χ4n) is 1.60. The topological polar surface area (TPSA) is 38.3 Å². The summed E-state index contributed by atoms with van der Waals surface area (Å²) in [5.41, 5.74) is 2.38. The quantitative estimate of drug-likeness (QED) is 0.672. The number of ether oxygens (including phenoxy) is 1. The van der Waals surface area contributed by atoms with Crippen LogP contribution in [-0.4, -0.2) is 13.5 Å². The summed E-state index contributed by atoms with van der Waals surface area (Å²) in [4.78, 5) is 10.5. The molecule has 0 heterocycles. The minimum absolute atomic E-state index is 0.647. The lowest BCUT2D eigenvalue weighted by Gasteiger charge is -2.01. The van der Waals surface area contributed by atoms with Crippen molar-refractivity contribution in [1.82, 2.24) is 0 Å². The first-order valence-corrected chi connectivity index (χ1v) is 5.79. The second-order valence-corrected chi connectivity index (χ2v) is 3.79. The third-order valence-corrected chi connectivity index (χ3v) is 2.57. The van der Waals surface area contributed by atoms with Crippen LogP contribution in [0.2, 0.25) is 0 Å². The first kappa shape index (κ1) is 12.7. The first-order chi connectivity index (χ1) is 9.33. The summed E-state index contributed by atoms with van der Waals surface area (Å²) in [5.74, 6) is 6.89. The van der Waals surface area contributed by atoms with Crippen molar-refractivity contribution in [2.45, 2.75) is 0 Å². The molecule has 0 spiro atoms. The van der Waals surface area contributed by atoms with Crippen molar-refractivity contribution >= 4 is 12.1 Å². The number of anilines is 1. The molecule has 0 aliphatic rings. The van der Waals surface area contributed by atoms with Gasteiger partial charge in [-0.15, -0.1) is 0 Å². The van der Waals surface area contributed by atoms with Gasteiger partial charge in [-0.05, 0) is 36.4 Å². The number of benzene rings is 2. The van der Waals surface area contributed by atoms with Gasteiger partial charge in [0.25, 0.3) is 0 Å². The summed E-state index contributed by atoms with van der Waals surface area (Å²) in [5, 5.41) is 2.63. The fourth-order valence-corrected chi connectivity index (χ4v) is 1.60. The van der Waals surface area contributed by atoms with Gasteiger partial charge in [0.2, 0.25) is 6.41 Å². The van der Waals surface area contributed by atoms with Crippen LogP contribution in [0, 0.1) is 11.8 Å². The second kappa shape index (κ2) is 6.27. The number of para-hydroxylation sites is 1. The van der Waals surface area contributed by atoms with Crippen molar-refractivity contribution in [1.29, 1.82) is 0 Å². The van der Waals surface area contributed by atoms with Gasteiger partial charge < -0.3 is 10.1 Å². The smallest absolute Gasteiger partial charge is 0.211 e. The van der Waals surface area contributed by atoms with Crippen molar-refractivity contribution in [2.75, 3.05) is 12.4 Å². The predicted octanol–water partition coefficient (Wildman–Crippen LogP) is 2.66. The Hall–Kier alpha value is -2.73. The highest BCUT2D eigenvalue weighted by Gasteiger charge is 1.96. The lowest BCUT2D eigenvalue weighted by atomic mass is 10.1. The van der Waals surface area contributed by atoms with E-state index in [1.807, 2.05) is 48.5 Å². The van der Waals surface area contributed by atoms with Crippen molar-refractivity contribution < 1.29 is 9.53 Å². The molecule has 0 bridgehead atoms. The van der Waals surface area contributed by atoms with Crippen LogP contribution in [0.4, 0.5) is 5.69 Å². The van der Waals surface area contributed by atoms with E-state index in [2.05, 4.69) is 17.2 Å². The van der Waals surface area contributed by atoms with Gasteiger partial charge in [-0.25, -0.2) is 0 Å². The first-order valence-electron chi connectivity index (χ1n) is 5.79. The predicted molar refractivity (Wildman–Crippen MR) is 75.1 cm³/mol. The summed E-state index contributed by atoms with van der Waals surface area (Å²) < 4.78 is 5.09. The minimum Gasteiger partial charge on any atom is -0.497 e. The summed E-state index contributed by atoms with van der Waals surface area (Å²) in [6.45, 7) is 0. The molecule has 2 aromatic rings. The molecule has 0 saturated carbocycles. The highest BCUT2D eigenvalue weighted by molar-refractivity contribution is 5.75. The van der Waals surface area contributed by atoms with E-state index in [-0.39, 0.29) is 0 Å². The summed E-state index contributed by atoms with van der Waals surface area (Å²) in [6.07, 6.45) is 0.647. The van der Waals surface area contributed by atoms with E-state index in [4.69, 9.17) is 4.74 Å². The van der Waals surface area contributed by atoms with Gasteiger partial charge >= 0.3 is 0 Å². The van der Waals surface area contributed by atoms with Crippen LogP contribution in [0.1, 0.15) is 11.1 Å².